The molecule has 0 aliphatic carbocycles. The first-order valence-electron chi connectivity index (χ1n) is 14.5. The maximum absolute atomic E-state index is 13.6. The molecule has 2 rings (SSSR count). The van der Waals surface area contributed by atoms with Gasteiger partial charge in [-0.15, -0.1) is 0 Å². The minimum Gasteiger partial charge on any atom is -0.370 e. The van der Waals surface area contributed by atoms with E-state index in [1.807, 2.05) is 60.7 Å². The Morgan fingerprint density at radius 3 is 1.77 bits per heavy atom. The number of hydrogen-bond acceptors (Lipinski definition) is 7. The molecule has 13 nitrogen and oxygen atoms in total. The summed E-state index contributed by atoms with van der Waals surface area (Å²) in [5, 5.41) is 8.24. The Balaban J connectivity index is 2.22. The number of nitrogens with zero attached hydrogens (tertiary/aromatic N) is 1. The van der Waals surface area contributed by atoms with Gasteiger partial charge in [-0.25, -0.2) is 4.79 Å². The molecule has 14 N–H and O–H groups in total. The average molecular weight is 597 g/mol. The highest BCUT2D eigenvalue weighted by molar-refractivity contribution is 5.94. The van der Waals surface area contributed by atoms with Gasteiger partial charge in [-0.3, -0.25) is 25.1 Å². The van der Waals surface area contributed by atoms with Gasteiger partial charge in [0, 0.05) is 13.0 Å². The average Bonchev–Trinajstić information content (AvgIpc) is 2.98. The van der Waals surface area contributed by atoms with Crippen molar-refractivity contribution in [3.05, 3.63) is 71.8 Å². The van der Waals surface area contributed by atoms with Gasteiger partial charge in [0.2, 0.25) is 17.7 Å². The first-order chi connectivity index (χ1) is 20.6. The van der Waals surface area contributed by atoms with E-state index in [9.17, 15) is 19.2 Å². The second-order valence-electron chi connectivity index (χ2n) is 10.4. The predicted molar refractivity (Wildman–Crippen MR) is 165 cm³/mol. The summed E-state index contributed by atoms with van der Waals surface area (Å²) in [4.78, 5) is 56.2. The van der Waals surface area contributed by atoms with Crippen molar-refractivity contribution in [3.8, 4) is 0 Å². The minimum atomic E-state index is -1.04. The van der Waals surface area contributed by atoms with E-state index in [2.05, 4.69) is 26.7 Å². The molecular formula is C30H46N9O4+. The second-order valence-corrected chi connectivity index (χ2v) is 10.4. The van der Waals surface area contributed by atoms with E-state index in [-0.39, 0.29) is 31.8 Å². The molecule has 4 atom stereocenters. The van der Waals surface area contributed by atoms with E-state index in [1.54, 1.807) is 0 Å². The Morgan fingerprint density at radius 1 is 0.698 bits per heavy atom. The van der Waals surface area contributed by atoms with Gasteiger partial charge in [-0.05, 0) is 56.2 Å². The van der Waals surface area contributed by atoms with Crippen LogP contribution in [0, 0.1) is 0 Å². The summed E-state index contributed by atoms with van der Waals surface area (Å²) in [6, 6.07) is 14.6. The van der Waals surface area contributed by atoms with Crippen LogP contribution in [0.3, 0.4) is 0 Å². The number of rotatable bonds is 19. The van der Waals surface area contributed by atoms with E-state index in [4.69, 9.17) is 22.9 Å². The Labute approximate surface area is 252 Å². The van der Waals surface area contributed by atoms with Gasteiger partial charge in [-0.1, -0.05) is 60.7 Å². The zero-order valence-electron chi connectivity index (χ0n) is 24.5. The number of benzene rings is 2. The van der Waals surface area contributed by atoms with Crippen molar-refractivity contribution in [2.45, 2.75) is 69.1 Å². The number of nitrogens with two attached hydrogens (primary N) is 4. The van der Waals surface area contributed by atoms with Crippen molar-refractivity contribution in [2.24, 2.45) is 27.9 Å². The minimum absolute atomic E-state index is 0.0875. The number of carbonyl (C=O) groups excluding carboxylic acids is 4. The number of hydrogen-bond donors (Lipinski definition) is 8. The van der Waals surface area contributed by atoms with Crippen molar-refractivity contribution in [2.75, 3.05) is 13.1 Å². The van der Waals surface area contributed by atoms with Crippen LogP contribution in [0.1, 0.15) is 43.2 Å². The molecule has 4 unspecified atom stereocenters. The number of unbranched alkanes of at least 4 members (excludes halogenated alkanes) is 1. The lowest BCUT2D eigenvalue weighted by Crippen LogP contribution is -2.67. The highest BCUT2D eigenvalue weighted by atomic mass is 16.2. The normalized spacial score (nSPS) is 13.6. The molecule has 0 heterocycles. The van der Waals surface area contributed by atoms with E-state index < -0.39 is 47.8 Å². The maximum Gasteiger partial charge on any atom is 0.331 e. The van der Waals surface area contributed by atoms with Crippen molar-refractivity contribution < 1.29 is 24.9 Å². The summed E-state index contributed by atoms with van der Waals surface area (Å²) in [5.74, 6) is -2.17. The summed E-state index contributed by atoms with van der Waals surface area (Å²) in [7, 11) is 0. The maximum atomic E-state index is 13.6. The summed E-state index contributed by atoms with van der Waals surface area (Å²) >= 11 is 0. The fourth-order valence-corrected chi connectivity index (χ4v) is 4.42. The Morgan fingerprint density at radius 2 is 1.21 bits per heavy atom. The lowest BCUT2D eigenvalue weighted by Gasteiger charge is -2.25. The highest BCUT2D eigenvalue weighted by Crippen LogP contribution is 2.08. The van der Waals surface area contributed by atoms with E-state index in [0.717, 1.165) is 11.1 Å². The molecule has 0 saturated carbocycles. The molecular weight excluding hydrogens is 550 g/mol. The van der Waals surface area contributed by atoms with Crippen LogP contribution in [-0.2, 0) is 32.0 Å². The van der Waals surface area contributed by atoms with E-state index >= 15 is 0 Å². The summed E-state index contributed by atoms with van der Waals surface area (Å²) < 4.78 is 0. The number of carbonyl (C=O) groups is 4. The Hall–Kier alpha value is -4.33. The molecule has 234 valence electrons. The lowest BCUT2D eigenvalue weighted by molar-refractivity contribution is -0.308. The summed E-state index contributed by atoms with van der Waals surface area (Å²) in [5.41, 5.74) is 27.7. The smallest absolute Gasteiger partial charge is 0.331 e. The fourth-order valence-electron chi connectivity index (χ4n) is 4.42. The third-order valence-corrected chi connectivity index (χ3v) is 6.78. The van der Waals surface area contributed by atoms with E-state index in [0.29, 0.717) is 32.2 Å². The quantitative estimate of drug-likeness (QED) is 0.0521. The van der Waals surface area contributed by atoms with Crippen LogP contribution in [0.5, 0.6) is 0 Å². The molecule has 2 aromatic rings. The van der Waals surface area contributed by atoms with Crippen molar-refractivity contribution in [1.82, 2.24) is 16.0 Å². The number of guanidine groups is 1. The van der Waals surface area contributed by atoms with Crippen LogP contribution < -0.4 is 44.6 Å². The van der Waals surface area contributed by atoms with Crippen molar-refractivity contribution in [1.29, 1.82) is 0 Å². The van der Waals surface area contributed by atoms with Crippen LogP contribution in [0.4, 0.5) is 0 Å². The van der Waals surface area contributed by atoms with Crippen LogP contribution >= 0.6 is 0 Å². The molecule has 0 radical (unpaired) electrons. The molecule has 0 aromatic heterocycles. The monoisotopic (exact) mass is 596 g/mol. The molecule has 0 fully saturated rings. The summed E-state index contributed by atoms with van der Waals surface area (Å²) in [6.45, 7) is 0.700. The van der Waals surface area contributed by atoms with Gasteiger partial charge in [0.1, 0.15) is 18.1 Å². The molecule has 0 saturated heterocycles. The van der Waals surface area contributed by atoms with Gasteiger partial charge < -0.3 is 38.9 Å². The van der Waals surface area contributed by atoms with Gasteiger partial charge in [0.15, 0.2) is 5.96 Å². The zero-order chi connectivity index (χ0) is 31.6. The molecule has 0 aliphatic rings. The molecule has 0 bridgehead atoms. The number of quaternary nitrogens is 1. The molecule has 2 aromatic carbocycles. The van der Waals surface area contributed by atoms with Crippen LogP contribution in [0.15, 0.2) is 65.7 Å². The zero-order valence-corrected chi connectivity index (χ0v) is 24.5. The van der Waals surface area contributed by atoms with Crippen molar-refractivity contribution in [3.63, 3.8) is 0 Å². The first-order valence-corrected chi connectivity index (χ1v) is 14.5. The number of aliphatic imine (C=N–C) groups is 1. The van der Waals surface area contributed by atoms with Crippen LogP contribution in [0.2, 0.25) is 0 Å². The highest BCUT2D eigenvalue weighted by Gasteiger charge is 2.30. The molecule has 0 aliphatic heterocycles. The largest absolute Gasteiger partial charge is 0.370 e. The SMILES string of the molecule is NCCCCC(NC(=O)C(Cc1ccccc1)NC(=O)C(CCCN=C(N)N)NC(=O)C(N)Cc1ccccc1)C([NH3+])=O. The third-order valence-electron chi connectivity index (χ3n) is 6.78. The van der Waals surface area contributed by atoms with Gasteiger partial charge in [0.05, 0.1) is 6.04 Å². The molecule has 43 heavy (non-hydrogen) atoms. The Bertz CT molecular complexity index is 1190. The third kappa shape index (κ3) is 13.5. The van der Waals surface area contributed by atoms with E-state index in [1.165, 1.54) is 0 Å². The lowest BCUT2D eigenvalue weighted by atomic mass is 10.0. The van der Waals surface area contributed by atoms with Crippen LogP contribution in [-0.4, -0.2) is 66.8 Å². The molecule has 0 spiro atoms. The first kappa shape index (κ1) is 34.9. The standard InChI is InChI=1S/C30H45N9O4/c31-16-8-7-14-23(26(33)40)37-29(43)25(19-21-12-5-2-6-13-21)39-28(42)24(15-9-17-36-30(34)35)38-27(41)22(32)18-20-10-3-1-4-11-20/h1-6,10-13,22-25H,7-9,14-19,31-32H2,(H2,33,40)(H,37,43)(H,38,41)(H,39,42)(H4,34,35,36)/p+1. The molecule has 13 heteroatoms. The van der Waals surface area contributed by atoms with Gasteiger partial charge in [-0.2, -0.15) is 0 Å². The molecule has 4 amide bonds. The van der Waals surface area contributed by atoms with Crippen LogP contribution in [0.25, 0.3) is 0 Å². The fraction of sp³-hybridized carbons (Fsp3) is 0.433. The van der Waals surface area contributed by atoms with Crippen molar-refractivity contribution >= 4 is 29.6 Å². The van der Waals surface area contributed by atoms with Gasteiger partial charge in [0.25, 0.3) is 0 Å². The number of amides is 4. The number of nitrogens with one attached hydrogen (secondary N) is 3. The van der Waals surface area contributed by atoms with Gasteiger partial charge >= 0.3 is 5.91 Å². The Kier molecular flexibility index (Phi) is 15.4. The second kappa shape index (κ2) is 19.0. The topological polar surface area (TPSA) is 248 Å². The predicted octanol–water partition coefficient (Wildman–Crippen LogP) is -1.80. The summed E-state index contributed by atoms with van der Waals surface area (Å²) in [6.07, 6.45) is 2.69.